The molecule has 2 rings (SSSR count). The zero-order valence-corrected chi connectivity index (χ0v) is 11.4. The van der Waals surface area contributed by atoms with E-state index in [0.29, 0.717) is 18.0 Å². The second-order valence-corrected chi connectivity index (χ2v) is 5.04. The summed E-state index contributed by atoms with van der Waals surface area (Å²) < 4.78 is 0. The van der Waals surface area contributed by atoms with Gasteiger partial charge in [-0.3, -0.25) is 9.59 Å². The smallest absolute Gasteiger partial charge is 0.249 e. The van der Waals surface area contributed by atoms with Gasteiger partial charge < -0.3 is 16.0 Å². The topological polar surface area (TPSA) is 75.4 Å². The lowest BCUT2D eigenvalue weighted by Gasteiger charge is -2.17. The van der Waals surface area contributed by atoms with Gasteiger partial charge in [0.25, 0.3) is 0 Å². The van der Waals surface area contributed by atoms with Crippen molar-refractivity contribution in [2.45, 2.75) is 25.4 Å². The standard InChI is InChI=1S/C13H16ClN3O2/c1-8(15)12(18)16-11-6-7-17(13(11)19)10-4-2-9(14)3-5-10/h2-5,8,11H,6-7,15H2,1H3,(H,16,18)/t8-,11?/m1/s1. The molecule has 5 nitrogen and oxygen atoms in total. The lowest BCUT2D eigenvalue weighted by Crippen LogP contribution is -2.47. The molecule has 1 aliphatic heterocycles. The van der Waals surface area contributed by atoms with Crippen LogP contribution in [0.3, 0.4) is 0 Å². The number of hydrogen-bond acceptors (Lipinski definition) is 3. The van der Waals surface area contributed by atoms with Crippen molar-refractivity contribution in [2.24, 2.45) is 5.73 Å². The Hall–Kier alpha value is -1.59. The molecule has 0 saturated carbocycles. The number of halogens is 1. The molecule has 1 aliphatic rings. The third-order valence-electron chi connectivity index (χ3n) is 3.07. The van der Waals surface area contributed by atoms with Crippen LogP contribution in [0.15, 0.2) is 24.3 Å². The zero-order chi connectivity index (χ0) is 14.0. The van der Waals surface area contributed by atoms with E-state index < -0.39 is 12.1 Å². The number of nitrogens with two attached hydrogens (primary N) is 1. The summed E-state index contributed by atoms with van der Waals surface area (Å²) in [6.45, 7) is 2.16. The van der Waals surface area contributed by atoms with Crippen molar-refractivity contribution in [3.63, 3.8) is 0 Å². The van der Waals surface area contributed by atoms with Gasteiger partial charge in [0.2, 0.25) is 11.8 Å². The summed E-state index contributed by atoms with van der Waals surface area (Å²) in [5, 5.41) is 3.28. The molecule has 2 atom stereocenters. The Balaban J connectivity index is 2.05. The number of hydrogen-bond donors (Lipinski definition) is 2. The van der Waals surface area contributed by atoms with Crippen LogP contribution in [0.1, 0.15) is 13.3 Å². The van der Waals surface area contributed by atoms with Crippen molar-refractivity contribution in [1.29, 1.82) is 0 Å². The van der Waals surface area contributed by atoms with Crippen LogP contribution in [-0.2, 0) is 9.59 Å². The summed E-state index contributed by atoms with van der Waals surface area (Å²) in [5.41, 5.74) is 6.25. The first-order valence-electron chi connectivity index (χ1n) is 6.12. The third-order valence-corrected chi connectivity index (χ3v) is 3.33. The van der Waals surface area contributed by atoms with Crippen LogP contribution in [0.2, 0.25) is 5.02 Å². The van der Waals surface area contributed by atoms with E-state index in [9.17, 15) is 9.59 Å². The Morgan fingerprint density at radius 1 is 1.47 bits per heavy atom. The summed E-state index contributed by atoms with van der Waals surface area (Å²) in [5.74, 6) is -0.423. The van der Waals surface area contributed by atoms with Crippen LogP contribution in [0.5, 0.6) is 0 Å². The Kier molecular flexibility index (Phi) is 4.07. The lowest BCUT2D eigenvalue weighted by atomic mass is 10.2. The summed E-state index contributed by atoms with van der Waals surface area (Å²) >= 11 is 5.81. The van der Waals surface area contributed by atoms with Crippen molar-refractivity contribution >= 4 is 29.1 Å². The Bertz CT molecular complexity index is 487. The van der Waals surface area contributed by atoms with E-state index in [4.69, 9.17) is 17.3 Å². The van der Waals surface area contributed by atoms with Gasteiger partial charge in [-0.2, -0.15) is 0 Å². The average molecular weight is 282 g/mol. The molecule has 1 aromatic rings. The van der Waals surface area contributed by atoms with E-state index in [0.717, 1.165) is 5.69 Å². The van der Waals surface area contributed by atoms with Crippen LogP contribution >= 0.6 is 11.6 Å². The molecule has 102 valence electrons. The first-order valence-corrected chi connectivity index (χ1v) is 6.49. The summed E-state index contributed by atoms with van der Waals surface area (Å²) in [4.78, 5) is 25.3. The van der Waals surface area contributed by atoms with Gasteiger partial charge in [-0.1, -0.05) is 11.6 Å². The molecule has 19 heavy (non-hydrogen) atoms. The van der Waals surface area contributed by atoms with Crippen LogP contribution in [0, 0.1) is 0 Å². The van der Waals surface area contributed by atoms with Crippen molar-refractivity contribution in [3.8, 4) is 0 Å². The van der Waals surface area contributed by atoms with Crippen LogP contribution in [0.25, 0.3) is 0 Å². The molecule has 1 saturated heterocycles. The van der Waals surface area contributed by atoms with Gasteiger partial charge in [-0.05, 0) is 37.6 Å². The lowest BCUT2D eigenvalue weighted by molar-refractivity contribution is -0.127. The van der Waals surface area contributed by atoms with Crippen molar-refractivity contribution in [3.05, 3.63) is 29.3 Å². The van der Waals surface area contributed by atoms with Gasteiger partial charge in [-0.15, -0.1) is 0 Å². The van der Waals surface area contributed by atoms with Crippen molar-refractivity contribution < 1.29 is 9.59 Å². The SMILES string of the molecule is C[C@@H](N)C(=O)NC1CCN(c2ccc(Cl)cc2)C1=O. The largest absolute Gasteiger partial charge is 0.343 e. The van der Waals surface area contributed by atoms with E-state index in [1.165, 1.54) is 0 Å². The minimum Gasteiger partial charge on any atom is -0.343 e. The molecule has 0 bridgehead atoms. The minimum atomic E-state index is -0.614. The number of nitrogens with one attached hydrogen (secondary N) is 1. The van der Waals surface area contributed by atoms with Gasteiger partial charge in [-0.25, -0.2) is 0 Å². The molecular formula is C13H16ClN3O2. The quantitative estimate of drug-likeness (QED) is 0.865. The summed E-state index contributed by atoms with van der Waals surface area (Å²) in [6.07, 6.45) is 0.583. The van der Waals surface area contributed by atoms with Crippen molar-refractivity contribution in [2.75, 3.05) is 11.4 Å². The molecule has 2 amide bonds. The molecule has 0 radical (unpaired) electrons. The normalized spacial score (nSPS) is 20.5. The second-order valence-electron chi connectivity index (χ2n) is 4.60. The molecule has 0 spiro atoms. The first kappa shape index (κ1) is 13.8. The fourth-order valence-electron chi connectivity index (χ4n) is 1.99. The Morgan fingerprint density at radius 2 is 2.11 bits per heavy atom. The number of rotatable bonds is 3. The van der Waals surface area contributed by atoms with Gasteiger partial charge in [0.15, 0.2) is 0 Å². The molecule has 1 aromatic carbocycles. The maximum atomic E-state index is 12.2. The van der Waals surface area contributed by atoms with Crippen molar-refractivity contribution in [1.82, 2.24) is 5.32 Å². The predicted molar refractivity (Wildman–Crippen MR) is 74.0 cm³/mol. The predicted octanol–water partition coefficient (Wildman–Crippen LogP) is 0.909. The molecule has 0 aliphatic carbocycles. The highest BCUT2D eigenvalue weighted by molar-refractivity contribution is 6.30. The zero-order valence-electron chi connectivity index (χ0n) is 10.6. The van der Waals surface area contributed by atoms with E-state index in [1.807, 2.05) is 0 Å². The van der Waals surface area contributed by atoms with Crippen LogP contribution < -0.4 is 16.0 Å². The van der Waals surface area contributed by atoms with Crippen LogP contribution in [-0.4, -0.2) is 30.4 Å². The fourth-order valence-corrected chi connectivity index (χ4v) is 2.12. The fraction of sp³-hybridized carbons (Fsp3) is 0.385. The average Bonchev–Trinajstić information content (AvgIpc) is 2.72. The number of benzene rings is 1. The number of carbonyl (C=O) groups excluding carboxylic acids is 2. The highest BCUT2D eigenvalue weighted by atomic mass is 35.5. The molecule has 1 heterocycles. The van der Waals surface area contributed by atoms with E-state index in [-0.39, 0.29) is 11.8 Å². The number of nitrogens with zero attached hydrogens (tertiary/aromatic N) is 1. The van der Waals surface area contributed by atoms with Gasteiger partial charge in [0.05, 0.1) is 6.04 Å². The Labute approximate surface area is 116 Å². The number of anilines is 1. The monoisotopic (exact) mass is 281 g/mol. The molecule has 1 unspecified atom stereocenters. The van der Waals surface area contributed by atoms with E-state index in [1.54, 1.807) is 36.1 Å². The van der Waals surface area contributed by atoms with Gasteiger partial charge in [0.1, 0.15) is 6.04 Å². The highest BCUT2D eigenvalue weighted by Gasteiger charge is 2.33. The minimum absolute atomic E-state index is 0.115. The summed E-state index contributed by atoms with van der Waals surface area (Å²) in [7, 11) is 0. The maximum Gasteiger partial charge on any atom is 0.249 e. The molecule has 3 N–H and O–H groups in total. The highest BCUT2D eigenvalue weighted by Crippen LogP contribution is 2.23. The van der Waals surface area contributed by atoms with Gasteiger partial charge >= 0.3 is 0 Å². The van der Waals surface area contributed by atoms with E-state index in [2.05, 4.69) is 5.32 Å². The summed E-state index contributed by atoms with van der Waals surface area (Å²) in [6, 6.07) is 5.94. The molecular weight excluding hydrogens is 266 g/mol. The molecule has 1 fully saturated rings. The maximum absolute atomic E-state index is 12.2. The Morgan fingerprint density at radius 3 is 2.68 bits per heavy atom. The second kappa shape index (κ2) is 5.59. The third kappa shape index (κ3) is 3.05. The van der Waals surface area contributed by atoms with E-state index >= 15 is 0 Å². The van der Waals surface area contributed by atoms with Gasteiger partial charge in [0, 0.05) is 17.3 Å². The first-order chi connectivity index (χ1) is 8.99. The molecule has 6 heteroatoms. The molecule has 0 aromatic heterocycles. The number of amides is 2. The van der Waals surface area contributed by atoms with Crippen LogP contribution in [0.4, 0.5) is 5.69 Å². The number of carbonyl (C=O) groups is 2.